The summed E-state index contributed by atoms with van der Waals surface area (Å²) >= 11 is 0. The lowest BCUT2D eigenvalue weighted by Gasteiger charge is -2.26. The minimum atomic E-state index is -0.421. The molecule has 1 heterocycles. The number of nitrogens with one attached hydrogen (secondary N) is 3. The molecule has 29 heavy (non-hydrogen) atoms. The van der Waals surface area contributed by atoms with Crippen molar-refractivity contribution < 1.29 is 14.7 Å². The predicted octanol–water partition coefficient (Wildman–Crippen LogP) is 2.55. The molecular weight excluding hydrogens is 367 g/mol. The van der Waals surface area contributed by atoms with Gasteiger partial charge in [-0.05, 0) is 43.4 Å². The first-order valence-corrected chi connectivity index (χ1v) is 10.2. The Hall–Kier alpha value is -2.45. The van der Waals surface area contributed by atoms with E-state index in [0.29, 0.717) is 17.6 Å². The van der Waals surface area contributed by atoms with Gasteiger partial charge >= 0.3 is 0 Å². The second kappa shape index (κ2) is 10.4. The fourth-order valence-electron chi connectivity index (χ4n) is 4.13. The highest BCUT2D eigenvalue weighted by Gasteiger charge is 2.28. The zero-order chi connectivity index (χ0) is 20.6. The molecule has 1 aromatic heterocycles. The number of H-pyrrole nitrogens is 1. The number of aromatic amines is 1. The van der Waals surface area contributed by atoms with E-state index >= 15 is 0 Å². The molecule has 0 spiro atoms. The van der Waals surface area contributed by atoms with Gasteiger partial charge in [0.1, 0.15) is 0 Å². The van der Waals surface area contributed by atoms with Crippen LogP contribution in [0.25, 0.3) is 11.1 Å². The maximum absolute atomic E-state index is 12.9. The molecule has 0 saturated heterocycles. The van der Waals surface area contributed by atoms with Crippen LogP contribution in [0.1, 0.15) is 49.9 Å². The first kappa shape index (κ1) is 21.3. The molecule has 0 unspecified atom stereocenters. The van der Waals surface area contributed by atoms with Crippen molar-refractivity contribution in [3.63, 3.8) is 0 Å². The lowest BCUT2D eigenvalue weighted by molar-refractivity contribution is -0.119. The molecule has 1 atom stereocenters. The van der Waals surface area contributed by atoms with E-state index in [-0.39, 0.29) is 18.4 Å². The fourth-order valence-corrected chi connectivity index (χ4v) is 4.13. The Bertz CT molecular complexity index is 814. The van der Waals surface area contributed by atoms with Gasteiger partial charge < -0.3 is 20.4 Å². The van der Waals surface area contributed by atoms with Gasteiger partial charge in [0.15, 0.2) is 0 Å². The van der Waals surface area contributed by atoms with Crippen LogP contribution in [0.4, 0.5) is 5.69 Å². The molecule has 7 nitrogen and oxygen atoms in total. The molecule has 1 aliphatic rings. The van der Waals surface area contributed by atoms with E-state index in [1.54, 1.807) is 0 Å². The van der Waals surface area contributed by atoms with Crippen LogP contribution < -0.4 is 10.5 Å². The van der Waals surface area contributed by atoms with Gasteiger partial charge in [-0.1, -0.05) is 37.8 Å². The lowest BCUT2D eigenvalue weighted by atomic mass is 9.86. The molecule has 4 N–H and O–H groups in total. The van der Waals surface area contributed by atoms with E-state index in [9.17, 15) is 14.7 Å². The van der Waals surface area contributed by atoms with Gasteiger partial charge in [0, 0.05) is 16.9 Å². The first-order chi connectivity index (χ1) is 14.1. The van der Waals surface area contributed by atoms with Gasteiger partial charge in [-0.2, -0.15) is 5.10 Å². The third-order valence-electron chi connectivity index (χ3n) is 5.61. The van der Waals surface area contributed by atoms with Crippen LogP contribution in [0.15, 0.2) is 24.3 Å². The molecule has 1 amide bonds. The summed E-state index contributed by atoms with van der Waals surface area (Å²) in [4.78, 5) is 23.7. The van der Waals surface area contributed by atoms with E-state index in [0.717, 1.165) is 42.5 Å². The number of hydrogen-bond acceptors (Lipinski definition) is 5. The Kier molecular flexibility index (Phi) is 7.60. The van der Waals surface area contributed by atoms with Crippen molar-refractivity contribution >= 4 is 25.2 Å². The summed E-state index contributed by atoms with van der Waals surface area (Å²) < 4.78 is 0. The van der Waals surface area contributed by atoms with Crippen molar-refractivity contribution in [2.24, 2.45) is 5.92 Å². The Balaban J connectivity index is 1.72. The number of amides is 1. The molecule has 8 heteroatoms. The van der Waals surface area contributed by atoms with Crippen LogP contribution in [0.3, 0.4) is 0 Å². The monoisotopic (exact) mass is 395 g/mol. The molecular formula is C21H28BN4O3. The molecule has 1 saturated carbocycles. The number of anilines is 1. The summed E-state index contributed by atoms with van der Waals surface area (Å²) in [6, 6.07) is 7.06. The number of carbonyl (C=O) groups excluding carboxylic acids is 2. The van der Waals surface area contributed by atoms with Crippen LogP contribution in [0.2, 0.25) is 0 Å². The van der Waals surface area contributed by atoms with Crippen LogP contribution in [-0.2, 0) is 16.2 Å². The van der Waals surface area contributed by atoms with E-state index in [1.807, 2.05) is 31.2 Å². The number of nitrogens with zero attached hydrogens (tertiary/aromatic N) is 1. The summed E-state index contributed by atoms with van der Waals surface area (Å²) in [5.74, 6) is 0.0898. The SMILES string of the molecule is Cc1[nH]nc(CO)c1-c1ccc(NC(=O)[C@@H](N[B]C=O)C2CCCCCC2)cc1. The van der Waals surface area contributed by atoms with Crippen molar-refractivity contribution in [2.45, 2.75) is 58.1 Å². The number of aromatic nitrogens is 2. The minimum Gasteiger partial charge on any atom is -0.390 e. The van der Waals surface area contributed by atoms with Gasteiger partial charge in [-0.25, -0.2) is 0 Å². The molecule has 1 radical (unpaired) electrons. The van der Waals surface area contributed by atoms with E-state index < -0.39 is 6.04 Å². The number of aliphatic hydroxyl groups excluding tert-OH is 1. The van der Waals surface area contributed by atoms with E-state index in [4.69, 9.17) is 0 Å². The number of rotatable bonds is 8. The van der Waals surface area contributed by atoms with Crippen molar-refractivity contribution in [3.05, 3.63) is 35.7 Å². The number of aryl methyl sites for hydroxylation is 1. The smallest absolute Gasteiger partial charge is 0.291 e. The molecule has 153 valence electrons. The van der Waals surface area contributed by atoms with Crippen LogP contribution >= 0.6 is 0 Å². The Morgan fingerprint density at radius 2 is 1.97 bits per heavy atom. The van der Waals surface area contributed by atoms with Crippen molar-refractivity contribution in [1.29, 1.82) is 0 Å². The molecule has 1 aliphatic carbocycles. The van der Waals surface area contributed by atoms with Crippen LogP contribution in [-0.4, -0.2) is 40.9 Å². The van der Waals surface area contributed by atoms with Crippen molar-refractivity contribution in [1.82, 2.24) is 15.4 Å². The standard InChI is InChI=1S/C21H28BN4O3/c1-14-19(18(12-27)26-25-14)15-8-10-17(11-9-15)23-21(29)20(24-22-13-28)16-6-4-2-3-5-7-16/h8-11,13,16,20,24,27H,2-7,12H2,1H3,(H,23,29)(H,25,26)/t20-/m0/s1. The van der Waals surface area contributed by atoms with Gasteiger partial charge in [0.25, 0.3) is 7.41 Å². The van der Waals surface area contributed by atoms with Crippen LogP contribution in [0, 0.1) is 12.8 Å². The third-order valence-corrected chi connectivity index (χ3v) is 5.61. The molecule has 3 rings (SSSR count). The molecule has 1 aromatic carbocycles. The Morgan fingerprint density at radius 1 is 1.28 bits per heavy atom. The average Bonchev–Trinajstić information content (AvgIpc) is 2.92. The van der Waals surface area contributed by atoms with Gasteiger partial charge in [-0.15, -0.1) is 0 Å². The highest BCUT2D eigenvalue weighted by atomic mass is 16.3. The van der Waals surface area contributed by atoms with Gasteiger partial charge in [0.2, 0.25) is 5.91 Å². The third kappa shape index (κ3) is 5.33. The zero-order valence-corrected chi connectivity index (χ0v) is 16.8. The average molecular weight is 395 g/mol. The quantitative estimate of drug-likeness (QED) is 0.312. The number of hydrogen-bond donors (Lipinski definition) is 4. The normalized spacial score (nSPS) is 16.1. The highest BCUT2D eigenvalue weighted by molar-refractivity contribution is 6.64. The lowest BCUT2D eigenvalue weighted by Crippen LogP contribution is -2.47. The Labute approximate surface area is 171 Å². The van der Waals surface area contributed by atoms with Gasteiger partial charge in [0.05, 0.1) is 24.5 Å². The second-order valence-electron chi connectivity index (χ2n) is 7.59. The summed E-state index contributed by atoms with van der Waals surface area (Å²) in [6.45, 7) is 1.77. The number of carbonyl (C=O) groups is 2. The topological polar surface area (TPSA) is 107 Å². The minimum absolute atomic E-state index is 0.127. The Morgan fingerprint density at radius 3 is 2.59 bits per heavy atom. The summed E-state index contributed by atoms with van der Waals surface area (Å²) in [5.41, 5.74) is 3.97. The van der Waals surface area contributed by atoms with Crippen molar-refractivity contribution in [2.75, 3.05) is 5.32 Å². The molecule has 2 aromatic rings. The van der Waals surface area contributed by atoms with E-state index in [2.05, 4.69) is 20.7 Å². The number of aliphatic hydroxyl groups is 1. The maximum Gasteiger partial charge on any atom is 0.291 e. The summed E-state index contributed by atoms with van der Waals surface area (Å²) in [5, 5.41) is 22.4. The molecule has 1 fully saturated rings. The van der Waals surface area contributed by atoms with Crippen LogP contribution in [0.5, 0.6) is 0 Å². The molecule has 0 aliphatic heterocycles. The fraction of sp³-hybridized carbons (Fsp3) is 0.476. The van der Waals surface area contributed by atoms with Crippen molar-refractivity contribution in [3.8, 4) is 11.1 Å². The largest absolute Gasteiger partial charge is 0.390 e. The van der Waals surface area contributed by atoms with E-state index in [1.165, 1.54) is 20.3 Å². The zero-order valence-electron chi connectivity index (χ0n) is 16.8. The highest BCUT2D eigenvalue weighted by Crippen LogP contribution is 2.28. The summed E-state index contributed by atoms with van der Waals surface area (Å²) in [6.07, 6.45) is 7.28. The maximum atomic E-state index is 12.9. The predicted molar refractivity (Wildman–Crippen MR) is 114 cm³/mol. The second-order valence-corrected chi connectivity index (χ2v) is 7.59. The summed E-state index contributed by atoms with van der Waals surface area (Å²) in [7, 11) is 1.32. The van der Waals surface area contributed by atoms with Gasteiger partial charge in [-0.3, -0.25) is 9.89 Å². The number of benzene rings is 1. The molecule has 0 bridgehead atoms. The first-order valence-electron chi connectivity index (χ1n) is 10.2.